The second kappa shape index (κ2) is 7.30. The molecule has 1 saturated carbocycles. The van der Waals surface area contributed by atoms with E-state index in [2.05, 4.69) is 13.2 Å². The first-order valence-corrected chi connectivity index (χ1v) is 8.58. The predicted octanol–water partition coefficient (Wildman–Crippen LogP) is 7.22. The fourth-order valence-electron chi connectivity index (χ4n) is 3.53. The molecule has 0 heterocycles. The summed E-state index contributed by atoms with van der Waals surface area (Å²) in [5.74, 6) is -1.91. The quantitative estimate of drug-likeness (QED) is 0.514. The lowest BCUT2D eigenvalue weighted by Gasteiger charge is -2.25. The molecule has 1 aliphatic carbocycles. The van der Waals surface area contributed by atoms with Gasteiger partial charge in [0.15, 0.2) is 5.83 Å². The molecule has 0 spiro atoms. The Balaban J connectivity index is 1.92. The minimum Gasteiger partial charge on any atom is -0.208 e. The van der Waals surface area contributed by atoms with Gasteiger partial charge >= 0.3 is 0 Å². The molecule has 0 saturated heterocycles. The minimum absolute atomic E-state index is 0.154. The Morgan fingerprint density at radius 2 is 1.72 bits per heavy atom. The highest BCUT2D eigenvalue weighted by Gasteiger charge is 2.25. The first-order chi connectivity index (χ1) is 12.0. The Labute approximate surface area is 146 Å². The summed E-state index contributed by atoms with van der Waals surface area (Å²) in [6, 6.07) is 7.70. The van der Waals surface area contributed by atoms with E-state index in [9.17, 15) is 13.2 Å². The second-order valence-corrected chi connectivity index (χ2v) is 6.62. The van der Waals surface area contributed by atoms with Gasteiger partial charge < -0.3 is 0 Å². The summed E-state index contributed by atoms with van der Waals surface area (Å²) in [4.78, 5) is 0. The van der Waals surface area contributed by atoms with Gasteiger partial charge in [0.25, 0.3) is 0 Å². The van der Waals surface area contributed by atoms with Crippen molar-refractivity contribution in [2.45, 2.75) is 25.7 Å². The maximum Gasteiger partial charge on any atom is 0.162 e. The van der Waals surface area contributed by atoms with E-state index in [1.165, 1.54) is 24.3 Å². The zero-order valence-corrected chi connectivity index (χ0v) is 14.1. The maximum absolute atomic E-state index is 14.6. The summed E-state index contributed by atoms with van der Waals surface area (Å²) in [5, 5.41) is 0.916. The number of halogens is 3. The van der Waals surface area contributed by atoms with Gasteiger partial charge in [-0.05, 0) is 43.1 Å². The largest absolute Gasteiger partial charge is 0.208 e. The van der Waals surface area contributed by atoms with Crippen molar-refractivity contribution in [2.75, 3.05) is 0 Å². The van der Waals surface area contributed by atoms with Crippen molar-refractivity contribution in [1.29, 1.82) is 0 Å². The van der Waals surface area contributed by atoms with Gasteiger partial charge in [-0.15, -0.1) is 6.58 Å². The van der Waals surface area contributed by atoms with Gasteiger partial charge in [-0.3, -0.25) is 0 Å². The monoisotopic (exact) mass is 342 g/mol. The van der Waals surface area contributed by atoms with Crippen LogP contribution in [0.2, 0.25) is 0 Å². The van der Waals surface area contributed by atoms with Crippen molar-refractivity contribution in [2.24, 2.45) is 11.8 Å². The van der Waals surface area contributed by atoms with Gasteiger partial charge in [0.2, 0.25) is 0 Å². The summed E-state index contributed by atoms with van der Waals surface area (Å²) in [6.07, 6.45) is 6.25. The van der Waals surface area contributed by atoms with E-state index in [-0.39, 0.29) is 11.5 Å². The zero-order chi connectivity index (χ0) is 18.0. The van der Waals surface area contributed by atoms with Crippen LogP contribution in [0.4, 0.5) is 13.2 Å². The molecule has 2 aromatic carbocycles. The van der Waals surface area contributed by atoms with E-state index in [0.717, 1.165) is 12.8 Å². The van der Waals surface area contributed by atoms with Gasteiger partial charge in [-0.1, -0.05) is 43.0 Å². The van der Waals surface area contributed by atoms with Crippen molar-refractivity contribution in [3.63, 3.8) is 0 Å². The van der Waals surface area contributed by atoms with Crippen molar-refractivity contribution >= 4 is 22.7 Å². The molecule has 2 aromatic rings. The molecule has 130 valence electrons. The van der Waals surface area contributed by atoms with Crippen LogP contribution in [-0.4, -0.2) is 0 Å². The smallest absolute Gasteiger partial charge is 0.162 e. The average molecular weight is 342 g/mol. The van der Waals surface area contributed by atoms with Gasteiger partial charge in [-0.2, -0.15) is 0 Å². The summed E-state index contributed by atoms with van der Waals surface area (Å²) in [5.41, 5.74) is 0.544. The second-order valence-electron chi connectivity index (χ2n) is 6.62. The Bertz CT molecular complexity index is 840. The summed E-state index contributed by atoms with van der Waals surface area (Å²) >= 11 is 0. The molecule has 0 atom stereocenters. The SMILES string of the molecule is C=Cc1ccc2cc(C(F)=C(F)C3CCC(C=C)CC3)ccc2c1F. The van der Waals surface area contributed by atoms with E-state index in [1.807, 2.05) is 6.08 Å². The number of allylic oxidation sites excluding steroid dienone is 2. The highest BCUT2D eigenvalue weighted by atomic mass is 19.2. The van der Waals surface area contributed by atoms with Crippen molar-refractivity contribution in [3.05, 3.63) is 72.3 Å². The molecular formula is C22H21F3. The molecule has 0 N–H and O–H groups in total. The van der Waals surface area contributed by atoms with Gasteiger partial charge in [0.1, 0.15) is 11.6 Å². The Morgan fingerprint density at radius 3 is 2.36 bits per heavy atom. The zero-order valence-electron chi connectivity index (χ0n) is 14.1. The normalized spacial score (nSPS) is 21.7. The van der Waals surface area contributed by atoms with Crippen LogP contribution in [0.25, 0.3) is 22.7 Å². The molecule has 0 aliphatic heterocycles. The number of hydrogen-bond donors (Lipinski definition) is 0. The number of fused-ring (bicyclic) bond motifs is 1. The van der Waals surface area contributed by atoms with Crippen LogP contribution in [0.1, 0.15) is 36.8 Å². The average Bonchev–Trinajstić information content (AvgIpc) is 2.67. The lowest BCUT2D eigenvalue weighted by Crippen LogP contribution is -2.14. The number of hydrogen-bond acceptors (Lipinski definition) is 0. The molecule has 0 nitrogen and oxygen atoms in total. The first-order valence-electron chi connectivity index (χ1n) is 8.58. The van der Waals surface area contributed by atoms with E-state index in [0.29, 0.717) is 35.1 Å². The molecule has 0 radical (unpaired) electrons. The molecule has 3 heteroatoms. The topological polar surface area (TPSA) is 0 Å². The van der Waals surface area contributed by atoms with Crippen LogP contribution < -0.4 is 0 Å². The summed E-state index contributed by atoms with van der Waals surface area (Å²) in [7, 11) is 0. The predicted molar refractivity (Wildman–Crippen MR) is 98.8 cm³/mol. The Hall–Kier alpha value is -2.29. The van der Waals surface area contributed by atoms with E-state index < -0.39 is 17.5 Å². The van der Waals surface area contributed by atoms with Crippen LogP contribution in [0.3, 0.4) is 0 Å². The van der Waals surface area contributed by atoms with E-state index in [1.54, 1.807) is 12.1 Å². The summed E-state index contributed by atoms with van der Waals surface area (Å²) in [6.45, 7) is 7.34. The fourth-order valence-corrected chi connectivity index (χ4v) is 3.53. The van der Waals surface area contributed by atoms with Crippen LogP contribution in [0, 0.1) is 17.7 Å². The third-order valence-corrected chi connectivity index (χ3v) is 5.13. The molecular weight excluding hydrogens is 321 g/mol. The molecule has 0 bridgehead atoms. The van der Waals surface area contributed by atoms with Crippen LogP contribution >= 0.6 is 0 Å². The van der Waals surface area contributed by atoms with E-state index in [4.69, 9.17) is 0 Å². The molecule has 3 rings (SSSR count). The standard InChI is InChI=1S/C22H21F3/c1-3-14-5-7-16(8-6-14)21(24)22(25)18-11-12-19-17(13-18)10-9-15(4-2)20(19)23/h3-4,9-14,16H,1-2,5-8H2. The van der Waals surface area contributed by atoms with Gasteiger partial charge in [-0.25, -0.2) is 13.2 Å². The highest BCUT2D eigenvalue weighted by Crippen LogP contribution is 2.38. The molecule has 0 amide bonds. The van der Waals surface area contributed by atoms with Crippen LogP contribution in [0.5, 0.6) is 0 Å². The first kappa shape index (κ1) is 17.5. The molecule has 25 heavy (non-hydrogen) atoms. The maximum atomic E-state index is 14.6. The third-order valence-electron chi connectivity index (χ3n) is 5.13. The van der Waals surface area contributed by atoms with E-state index >= 15 is 0 Å². The number of benzene rings is 2. The highest BCUT2D eigenvalue weighted by molar-refractivity contribution is 5.88. The minimum atomic E-state index is -0.836. The Morgan fingerprint density at radius 1 is 1.00 bits per heavy atom. The van der Waals surface area contributed by atoms with Crippen molar-refractivity contribution < 1.29 is 13.2 Å². The molecule has 0 unspecified atom stereocenters. The Kier molecular flexibility index (Phi) is 5.12. The van der Waals surface area contributed by atoms with Gasteiger partial charge in [0.05, 0.1) is 0 Å². The lowest BCUT2D eigenvalue weighted by atomic mass is 9.81. The van der Waals surface area contributed by atoms with Crippen LogP contribution in [0.15, 0.2) is 55.4 Å². The van der Waals surface area contributed by atoms with Crippen molar-refractivity contribution in [3.8, 4) is 0 Å². The number of rotatable bonds is 4. The van der Waals surface area contributed by atoms with Crippen LogP contribution in [-0.2, 0) is 0 Å². The molecule has 1 aliphatic rings. The molecule has 1 fully saturated rings. The fraction of sp³-hybridized carbons (Fsp3) is 0.273. The van der Waals surface area contributed by atoms with Crippen molar-refractivity contribution in [1.82, 2.24) is 0 Å². The molecule has 0 aromatic heterocycles. The third kappa shape index (κ3) is 3.41. The lowest BCUT2D eigenvalue weighted by molar-refractivity contribution is 0.305. The van der Waals surface area contributed by atoms with Gasteiger partial charge in [0, 0.05) is 22.4 Å². The summed E-state index contributed by atoms with van der Waals surface area (Å²) < 4.78 is 43.5.